The molecule has 0 amide bonds. The van der Waals surface area contributed by atoms with Crippen LogP contribution >= 0.6 is 0 Å². The number of rotatable bonds is 28. The molecule has 0 aliphatic heterocycles. The summed E-state index contributed by atoms with van der Waals surface area (Å²) >= 11 is 0. The molecule has 0 radical (unpaired) electrons. The first-order chi connectivity index (χ1) is 27.2. The van der Waals surface area contributed by atoms with Gasteiger partial charge in [0.05, 0.1) is 52.2 Å². The van der Waals surface area contributed by atoms with E-state index >= 15 is 0 Å². The molecular formula is C41H53N3O13. The van der Waals surface area contributed by atoms with Gasteiger partial charge in [0.25, 0.3) is 0 Å². The van der Waals surface area contributed by atoms with E-state index in [1.807, 2.05) is 20.8 Å². The van der Waals surface area contributed by atoms with Crippen LogP contribution in [0, 0.1) is 0 Å². The maximum atomic E-state index is 12.4. The summed E-state index contributed by atoms with van der Waals surface area (Å²) in [6.45, 7) is 5.53. The van der Waals surface area contributed by atoms with Gasteiger partial charge in [0, 0.05) is 44.3 Å². The van der Waals surface area contributed by atoms with Gasteiger partial charge in [0.15, 0.2) is 0 Å². The van der Waals surface area contributed by atoms with E-state index in [2.05, 4.69) is 0 Å². The molecule has 3 unspecified atom stereocenters. The van der Waals surface area contributed by atoms with Crippen molar-refractivity contribution in [2.75, 3.05) is 59.1 Å². The van der Waals surface area contributed by atoms with Gasteiger partial charge in [-0.3, -0.25) is 38.7 Å². The zero-order valence-electron chi connectivity index (χ0n) is 32.5. The summed E-state index contributed by atoms with van der Waals surface area (Å²) in [6, 6.07) is 17.6. The van der Waals surface area contributed by atoms with Crippen LogP contribution in [0.15, 0.2) is 72.8 Å². The molecule has 16 heteroatoms. The Labute approximate surface area is 331 Å². The summed E-state index contributed by atoms with van der Waals surface area (Å²) in [5, 5.41) is 50.0. The molecular weight excluding hydrogens is 742 g/mol. The first-order valence-electron chi connectivity index (χ1n) is 18.7. The molecule has 0 bridgehead atoms. The topological polar surface area (TPSA) is 224 Å². The molecule has 3 rings (SSSR count). The van der Waals surface area contributed by atoms with Crippen LogP contribution < -0.4 is 14.2 Å². The summed E-state index contributed by atoms with van der Waals surface area (Å²) in [7, 11) is 0. The van der Waals surface area contributed by atoms with Gasteiger partial charge in [0.1, 0.15) is 17.2 Å². The molecule has 0 fully saturated rings. The lowest BCUT2D eigenvalue weighted by molar-refractivity contribution is -0.143. The predicted octanol–water partition coefficient (Wildman–Crippen LogP) is 4.91. The van der Waals surface area contributed by atoms with Crippen molar-refractivity contribution in [2.24, 2.45) is 0 Å². The summed E-state index contributed by atoms with van der Waals surface area (Å²) in [4.78, 5) is 66.0. The molecule has 5 N–H and O–H groups in total. The largest absolute Gasteiger partial charge is 0.494 e. The Balaban J connectivity index is 2.10. The van der Waals surface area contributed by atoms with E-state index in [0.29, 0.717) is 53.8 Å². The zero-order chi connectivity index (χ0) is 41.9. The Hall–Kier alpha value is -5.71. The molecule has 0 aliphatic carbocycles. The van der Waals surface area contributed by atoms with Gasteiger partial charge in [0.2, 0.25) is 0 Å². The van der Waals surface area contributed by atoms with Crippen LogP contribution in [0.5, 0.6) is 17.2 Å². The van der Waals surface area contributed by atoms with Crippen LogP contribution in [0.25, 0.3) is 0 Å². The van der Waals surface area contributed by atoms with Crippen molar-refractivity contribution in [3.05, 3.63) is 89.5 Å². The first kappa shape index (κ1) is 45.7. The molecule has 0 saturated heterocycles. The van der Waals surface area contributed by atoms with Crippen LogP contribution in [0.2, 0.25) is 0 Å². The lowest BCUT2D eigenvalue weighted by Gasteiger charge is -2.38. The fourth-order valence-corrected chi connectivity index (χ4v) is 6.70. The minimum Gasteiger partial charge on any atom is -0.494 e. The number of carbonyl (C=O) groups is 5. The van der Waals surface area contributed by atoms with E-state index in [9.17, 15) is 49.5 Å². The highest BCUT2D eigenvalue weighted by atomic mass is 16.5. The molecule has 0 heterocycles. The molecule has 0 spiro atoms. The lowest BCUT2D eigenvalue weighted by Crippen LogP contribution is -2.45. The third kappa shape index (κ3) is 15.4. The standard InChI is InChI=1S/C41H53N3O13/c1-4-55-31-13-7-28(8-14-31)34(23-37(45)46)42(19-21-43(26-40(51)52)35(24-38(47)48)29-9-15-32(16-10-29)56-5-2)20-22-44(27-41(53)54)36(25-39(49)50)30-11-17-33(18-12-30)57-6-3/h7-18,34-36H,4-6,19-27H2,1-3H3,(H,45,46)(H,47,48)(H,49,50)(H,51,52)(H,53,54). The Morgan fingerprint density at radius 1 is 0.421 bits per heavy atom. The van der Waals surface area contributed by atoms with E-state index in [-0.39, 0.29) is 26.2 Å². The highest BCUT2D eigenvalue weighted by Crippen LogP contribution is 2.31. The number of benzene rings is 3. The van der Waals surface area contributed by atoms with Gasteiger partial charge in [-0.2, -0.15) is 0 Å². The third-order valence-electron chi connectivity index (χ3n) is 9.18. The van der Waals surface area contributed by atoms with Crippen LogP contribution in [0.1, 0.15) is 74.8 Å². The van der Waals surface area contributed by atoms with E-state index in [0.717, 1.165) is 0 Å². The van der Waals surface area contributed by atoms with Gasteiger partial charge < -0.3 is 39.7 Å². The summed E-state index contributed by atoms with van der Waals surface area (Å²) in [6.07, 6.45) is -1.28. The van der Waals surface area contributed by atoms with Crippen molar-refractivity contribution in [2.45, 2.75) is 58.2 Å². The Morgan fingerprint density at radius 3 is 0.895 bits per heavy atom. The smallest absolute Gasteiger partial charge is 0.317 e. The Kier molecular flexibility index (Phi) is 18.7. The van der Waals surface area contributed by atoms with Crippen LogP contribution in [0.4, 0.5) is 0 Å². The normalized spacial score (nSPS) is 12.9. The van der Waals surface area contributed by atoms with Gasteiger partial charge in [-0.1, -0.05) is 36.4 Å². The van der Waals surface area contributed by atoms with E-state index in [1.165, 1.54) is 9.80 Å². The molecule has 57 heavy (non-hydrogen) atoms. The van der Waals surface area contributed by atoms with Crippen LogP contribution in [0.3, 0.4) is 0 Å². The number of ether oxygens (including phenoxy) is 3. The van der Waals surface area contributed by atoms with Crippen molar-refractivity contribution in [1.82, 2.24) is 14.7 Å². The average Bonchev–Trinajstić information content (AvgIpc) is 3.15. The van der Waals surface area contributed by atoms with Crippen molar-refractivity contribution in [1.29, 1.82) is 0 Å². The van der Waals surface area contributed by atoms with Gasteiger partial charge in [-0.15, -0.1) is 0 Å². The zero-order valence-corrected chi connectivity index (χ0v) is 32.5. The van der Waals surface area contributed by atoms with Crippen molar-refractivity contribution >= 4 is 29.8 Å². The second-order valence-corrected chi connectivity index (χ2v) is 13.1. The molecule has 3 aromatic rings. The Morgan fingerprint density at radius 2 is 0.667 bits per heavy atom. The second-order valence-electron chi connectivity index (χ2n) is 13.1. The maximum Gasteiger partial charge on any atom is 0.317 e. The molecule has 3 atom stereocenters. The fourth-order valence-electron chi connectivity index (χ4n) is 6.70. The molecule has 16 nitrogen and oxygen atoms in total. The summed E-state index contributed by atoms with van der Waals surface area (Å²) in [5.74, 6) is -4.23. The first-order valence-corrected chi connectivity index (χ1v) is 18.7. The monoisotopic (exact) mass is 795 g/mol. The third-order valence-corrected chi connectivity index (χ3v) is 9.18. The van der Waals surface area contributed by atoms with Crippen molar-refractivity contribution in [3.63, 3.8) is 0 Å². The predicted molar refractivity (Wildman–Crippen MR) is 208 cm³/mol. The molecule has 0 saturated carbocycles. The SMILES string of the molecule is CCOc1ccc(C(CC(=O)O)N(CCN(CC(=O)O)C(CC(=O)O)c2ccc(OCC)cc2)CCN(CC(=O)O)C(CC(=O)O)c2ccc(OCC)cc2)cc1. The van der Waals surface area contributed by atoms with Crippen molar-refractivity contribution < 1.29 is 63.7 Å². The van der Waals surface area contributed by atoms with E-state index in [4.69, 9.17) is 14.2 Å². The van der Waals surface area contributed by atoms with Crippen molar-refractivity contribution in [3.8, 4) is 17.2 Å². The molecule has 3 aromatic carbocycles. The maximum absolute atomic E-state index is 12.4. The number of hydrogen-bond donors (Lipinski definition) is 5. The molecule has 310 valence electrons. The average molecular weight is 796 g/mol. The summed E-state index contributed by atoms with van der Waals surface area (Å²) in [5.41, 5.74) is 1.64. The lowest BCUT2D eigenvalue weighted by atomic mass is 9.99. The minimum atomic E-state index is -1.21. The molecule has 0 aromatic heterocycles. The van der Waals surface area contributed by atoms with Gasteiger partial charge in [-0.05, 0) is 73.9 Å². The number of carboxylic acids is 5. The van der Waals surface area contributed by atoms with Crippen LogP contribution in [-0.2, 0) is 24.0 Å². The fraction of sp³-hybridized carbons (Fsp3) is 0.439. The number of carboxylic acid groups (broad SMARTS) is 5. The Bertz CT molecular complexity index is 1640. The second kappa shape index (κ2) is 23.4. The van der Waals surface area contributed by atoms with E-state index < -0.39 is 80.3 Å². The number of hydrogen-bond acceptors (Lipinski definition) is 11. The highest BCUT2D eigenvalue weighted by molar-refractivity contribution is 5.71. The van der Waals surface area contributed by atoms with E-state index in [1.54, 1.807) is 77.7 Å². The number of nitrogens with zero attached hydrogens (tertiary/aromatic N) is 3. The van der Waals surface area contributed by atoms with Gasteiger partial charge in [-0.25, -0.2) is 0 Å². The molecule has 0 aliphatic rings. The van der Waals surface area contributed by atoms with Gasteiger partial charge >= 0.3 is 29.8 Å². The summed E-state index contributed by atoms with van der Waals surface area (Å²) < 4.78 is 16.7. The minimum absolute atomic E-state index is 0.0130. The highest BCUT2D eigenvalue weighted by Gasteiger charge is 2.31. The van der Waals surface area contributed by atoms with Crippen LogP contribution in [-0.4, -0.2) is 129 Å². The quantitative estimate of drug-likeness (QED) is 0.0659. The number of aliphatic carboxylic acids is 5.